The fraction of sp³-hybridized carbons (Fsp3) is 0.417. The lowest BCUT2D eigenvalue weighted by Crippen LogP contribution is -2.06. The van der Waals surface area contributed by atoms with Crippen molar-refractivity contribution in [1.82, 2.24) is 0 Å². The van der Waals surface area contributed by atoms with Crippen LogP contribution >= 0.6 is 0 Å². The average molecular weight is 206 g/mol. The summed E-state index contributed by atoms with van der Waals surface area (Å²) in [5.41, 5.74) is 0.611. The third-order valence-corrected chi connectivity index (χ3v) is 2.32. The lowest BCUT2D eigenvalue weighted by Gasteiger charge is -2.03. The number of hydrogen-bond acceptors (Lipinski definition) is 3. The second-order valence-corrected chi connectivity index (χ2v) is 3.60. The minimum Gasteiger partial charge on any atom is -0.462 e. The molecule has 1 unspecified atom stereocenters. The van der Waals surface area contributed by atoms with Gasteiger partial charge in [-0.2, -0.15) is 0 Å². The fourth-order valence-electron chi connectivity index (χ4n) is 1.37. The van der Waals surface area contributed by atoms with E-state index >= 15 is 0 Å². The Bertz CT molecular complexity index is 317. The van der Waals surface area contributed by atoms with Crippen LogP contribution in [0.5, 0.6) is 0 Å². The van der Waals surface area contributed by atoms with Gasteiger partial charge in [-0.05, 0) is 25.0 Å². The van der Waals surface area contributed by atoms with Crippen molar-refractivity contribution in [3.63, 3.8) is 0 Å². The van der Waals surface area contributed by atoms with Gasteiger partial charge in [0.25, 0.3) is 0 Å². The molecule has 0 amide bonds. The van der Waals surface area contributed by atoms with Crippen LogP contribution in [0.2, 0.25) is 0 Å². The van der Waals surface area contributed by atoms with Crippen LogP contribution in [-0.4, -0.2) is 25.3 Å². The Morgan fingerprint density at radius 3 is 2.80 bits per heavy atom. The van der Waals surface area contributed by atoms with Gasteiger partial charge in [0.15, 0.2) is 0 Å². The molecule has 0 N–H and O–H groups in total. The Morgan fingerprint density at radius 2 is 2.13 bits per heavy atom. The van der Waals surface area contributed by atoms with Gasteiger partial charge in [0.2, 0.25) is 0 Å². The Kier molecular flexibility index (Phi) is 3.35. The van der Waals surface area contributed by atoms with Crippen molar-refractivity contribution in [2.45, 2.75) is 18.9 Å². The highest BCUT2D eigenvalue weighted by atomic mass is 16.6. The van der Waals surface area contributed by atoms with Crippen LogP contribution in [0.4, 0.5) is 0 Å². The minimum absolute atomic E-state index is 0.243. The van der Waals surface area contributed by atoms with E-state index in [2.05, 4.69) is 0 Å². The third-order valence-electron chi connectivity index (χ3n) is 2.32. The maximum atomic E-state index is 11.5. The van der Waals surface area contributed by atoms with Crippen molar-refractivity contribution < 1.29 is 14.3 Å². The maximum absolute atomic E-state index is 11.5. The largest absolute Gasteiger partial charge is 0.462 e. The summed E-state index contributed by atoms with van der Waals surface area (Å²) < 4.78 is 10.2. The van der Waals surface area contributed by atoms with Gasteiger partial charge in [-0.15, -0.1) is 0 Å². The second kappa shape index (κ2) is 4.94. The molecule has 2 rings (SSSR count). The molecule has 0 radical (unpaired) electrons. The maximum Gasteiger partial charge on any atom is 0.338 e. The summed E-state index contributed by atoms with van der Waals surface area (Å²) in [6.07, 6.45) is 2.28. The summed E-state index contributed by atoms with van der Waals surface area (Å²) in [6.45, 7) is 1.35. The minimum atomic E-state index is -0.243. The van der Waals surface area contributed by atoms with Crippen molar-refractivity contribution in [3.8, 4) is 0 Å². The quantitative estimate of drug-likeness (QED) is 0.420. The smallest absolute Gasteiger partial charge is 0.338 e. The van der Waals surface area contributed by atoms with Gasteiger partial charge in [-0.3, -0.25) is 0 Å². The lowest BCUT2D eigenvalue weighted by molar-refractivity contribution is 0.0496. The second-order valence-electron chi connectivity index (χ2n) is 3.60. The lowest BCUT2D eigenvalue weighted by atomic mass is 10.2. The summed E-state index contributed by atoms with van der Waals surface area (Å²) in [4.78, 5) is 11.5. The van der Waals surface area contributed by atoms with E-state index in [9.17, 15) is 4.79 Å². The first-order valence-electron chi connectivity index (χ1n) is 5.20. The zero-order valence-corrected chi connectivity index (χ0v) is 8.52. The van der Waals surface area contributed by atoms with Gasteiger partial charge in [-0.25, -0.2) is 4.79 Å². The van der Waals surface area contributed by atoms with Crippen LogP contribution in [0, 0.1) is 0 Å². The topological polar surface area (TPSA) is 38.8 Å². The van der Waals surface area contributed by atoms with E-state index in [1.165, 1.54) is 0 Å². The van der Waals surface area contributed by atoms with E-state index in [1.807, 2.05) is 18.2 Å². The molecule has 3 nitrogen and oxygen atoms in total. The van der Waals surface area contributed by atoms with Gasteiger partial charge in [0, 0.05) is 0 Å². The van der Waals surface area contributed by atoms with E-state index in [4.69, 9.17) is 9.47 Å². The predicted molar refractivity (Wildman–Crippen MR) is 55.7 cm³/mol. The van der Waals surface area contributed by atoms with Crippen molar-refractivity contribution in [3.05, 3.63) is 35.9 Å². The van der Waals surface area contributed by atoms with E-state index in [1.54, 1.807) is 12.1 Å². The molecule has 1 aliphatic rings. The molecular weight excluding hydrogens is 192 g/mol. The number of hydrogen-bond donors (Lipinski definition) is 0. The number of esters is 1. The molecule has 80 valence electrons. The number of carbonyl (C=O) groups is 1. The summed E-state index contributed by atoms with van der Waals surface area (Å²) >= 11 is 0. The zero-order valence-electron chi connectivity index (χ0n) is 8.52. The number of carbonyl (C=O) groups excluding carboxylic acids is 1. The van der Waals surface area contributed by atoms with Gasteiger partial charge in [0.05, 0.1) is 24.9 Å². The highest BCUT2D eigenvalue weighted by Gasteiger charge is 2.21. The third kappa shape index (κ3) is 3.36. The molecule has 0 saturated carbocycles. The molecule has 1 aromatic carbocycles. The summed E-state index contributed by atoms with van der Waals surface area (Å²) in [5, 5.41) is 0. The zero-order chi connectivity index (χ0) is 10.5. The van der Waals surface area contributed by atoms with E-state index in [0.717, 1.165) is 19.4 Å². The number of epoxide rings is 1. The molecule has 15 heavy (non-hydrogen) atoms. The number of rotatable bonds is 5. The Morgan fingerprint density at radius 1 is 1.40 bits per heavy atom. The highest BCUT2D eigenvalue weighted by Crippen LogP contribution is 2.15. The van der Waals surface area contributed by atoms with Crippen molar-refractivity contribution in [2.24, 2.45) is 0 Å². The molecule has 0 aliphatic carbocycles. The number of benzene rings is 1. The molecule has 0 spiro atoms. The van der Waals surface area contributed by atoms with E-state index in [0.29, 0.717) is 18.3 Å². The van der Waals surface area contributed by atoms with E-state index < -0.39 is 0 Å². The van der Waals surface area contributed by atoms with E-state index in [-0.39, 0.29) is 5.97 Å². The van der Waals surface area contributed by atoms with Crippen LogP contribution in [0.3, 0.4) is 0 Å². The standard InChI is InChI=1S/C12H14O3/c13-12(10-5-2-1-3-6-10)14-8-4-7-11-9-15-11/h1-3,5-6,11H,4,7-9H2. The normalized spacial score (nSPS) is 18.5. The number of ether oxygens (including phenoxy) is 2. The molecule has 3 heteroatoms. The van der Waals surface area contributed by atoms with Crippen molar-refractivity contribution in [2.75, 3.05) is 13.2 Å². The summed E-state index contributed by atoms with van der Waals surface area (Å²) in [5.74, 6) is -0.243. The fourth-order valence-corrected chi connectivity index (χ4v) is 1.37. The molecule has 0 aromatic heterocycles. The first-order chi connectivity index (χ1) is 7.36. The van der Waals surface area contributed by atoms with Crippen LogP contribution in [0.25, 0.3) is 0 Å². The molecule has 1 fully saturated rings. The molecule has 1 aliphatic heterocycles. The molecule has 1 atom stereocenters. The van der Waals surface area contributed by atoms with Crippen LogP contribution in [-0.2, 0) is 9.47 Å². The molecule has 1 heterocycles. The average Bonchev–Trinajstić information content (AvgIpc) is 3.09. The highest BCUT2D eigenvalue weighted by molar-refractivity contribution is 5.89. The van der Waals surface area contributed by atoms with Crippen molar-refractivity contribution >= 4 is 5.97 Å². The van der Waals surface area contributed by atoms with Gasteiger partial charge in [0.1, 0.15) is 0 Å². The van der Waals surface area contributed by atoms with Crippen molar-refractivity contribution in [1.29, 1.82) is 0 Å². The summed E-state index contributed by atoms with van der Waals surface area (Å²) in [7, 11) is 0. The molecule has 1 aromatic rings. The predicted octanol–water partition coefficient (Wildman–Crippen LogP) is 2.02. The Balaban J connectivity index is 1.67. The Hall–Kier alpha value is -1.35. The molecule has 0 bridgehead atoms. The molecule has 1 saturated heterocycles. The Labute approximate surface area is 89.0 Å². The SMILES string of the molecule is O=C(OCCCC1CO1)c1ccccc1. The first kappa shape index (κ1) is 10.2. The first-order valence-corrected chi connectivity index (χ1v) is 5.20. The van der Waals surface area contributed by atoms with Gasteiger partial charge in [-0.1, -0.05) is 18.2 Å². The van der Waals surface area contributed by atoms with Crippen LogP contribution < -0.4 is 0 Å². The summed E-state index contributed by atoms with van der Waals surface area (Å²) in [6, 6.07) is 9.04. The van der Waals surface area contributed by atoms with Gasteiger partial charge >= 0.3 is 5.97 Å². The molecular formula is C12H14O3. The van der Waals surface area contributed by atoms with Crippen LogP contribution in [0.15, 0.2) is 30.3 Å². The van der Waals surface area contributed by atoms with Gasteiger partial charge < -0.3 is 9.47 Å². The van der Waals surface area contributed by atoms with Crippen LogP contribution in [0.1, 0.15) is 23.2 Å². The monoisotopic (exact) mass is 206 g/mol.